The van der Waals surface area contributed by atoms with Gasteiger partial charge in [-0.1, -0.05) is 30.3 Å². The molecule has 0 N–H and O–H groups in total. The normalized spacial score (nSPS) is 18.2. The molecule has 3 aromatic rings. The van der Waals surface area contributed by atoms with Crippen molar-refractivity contribution in [2.45, 2.75) is 25.4 Å². The quantitative estimate of drug-likeness (QED) is 0.517. The van der Waals surface area contributed by atoms with Crippen LogP contribution in [0.2, 0.25) is 0 Å². The van der Waals surface area contributed by atoms with Crippen LogP contribution >= 0.6 is 11.3 Å². The highest BCUT2D eigenvalue weighted by Gasteiger charge is 2.30. The van der Waals surface area contributed by atoms with E-state index in [1.54, 1.807) is 23.5 Å². The number of para-hydroxylation sites is 2. The monoisotopic (exact) mass is 339 g/mol. The highest BCUT2D eigenvalue weighted by molar-refractivity contribution is 7.18. The van der Waals surface area contributed by atoms with Crippen molar-refractivity contribution in [2.75, 3.05) is 6.54 Å². The first-order chi connectivity index (χ1) is 11.7. The number of nitrogens with zero attached hydrogens (tertiary/aromatic N) is 3. The average Bonchev–Trinajstić information content (AvgIpc) is 3.21. The minimum Gasteiger partial charge on any atom is -0.289 e. The van der Waals surface area contributed by atoms with Gasteiger partial charge in [-0.05, 0) is 31.5 Å². The van der Waals surface area contributed by atoms with Gasteiger partial charge in [0, 0.05) is 18.2 Å². The van der Waals surface area contributed by atoms with Crippen LogP contribution in [0.15, 0.2) is 48.5 Å². The van der Waals surface area contributed by atoms with Gasteiger partial charge in [-0.3, -0.25) is 15.0 Å². The average molecular weight is 339 g/mol. The molecule has 1 aromatic heterocycles. The summed E-state index contributed by atoms with van der Waals surface area (Å²) in [5.74, 6) is 0. The molecule has 0 saturated carbocycles. The van der Waals surface area contributed by atoms with Crippen LogP contribution < -0.4 is 0 Å². The number of hydrogen-bond donors (Lipinski definition) is 0. The number of rotatable bonds is 4. The van der Waals surface area contributed by atoms with Crippen LogP contribution in [-0.2, 0) is 6.54 Å². The molecule has 0 aliphatic carbocycles. The second-order valence-corrected chi connectivity index (χ2v) is 7.10. The topological polar surface area (TPSA) is 59.3 Å². The van der Waals surface area contributed by atoms with Gasteiger partial charge >= 0.3 is 0 Å². The second kappa shape index (κ2) is 6.30. The van der Waals surface area contributed by atoms with Gasteiger partial charge in [0.25, 0.3) is 5.69 Å². The van der Waals surface area contributed by atoms with Gasteiger partial charge in [-0.2, -0.15) is 0 Å². The first-order valence-corrected chi connectivity index (χ1v) is 8.86. The Morgan fingerprint density at radius 1 is 1.21 bits per heavy atom. The fraction of sp³-hybridized carbons (Fsp3) is 0.278. The molecule has 1 fully saturated rings. The van der Waals surface area contributed by atoms with Crippen LogP contribution in [0, 0.1) is 10.1 Å². The lowest BCUT2D eigenvalue weighted by Gasteiger charge is -2.22. The Morgan fingerprint density at radius 3 is 2.83 bits per heavy atom. The molecule has 0 unspecified atom stereocenters. The molecule has 0 bridgehead atoms. The van der Waals surface area contributed by atoms with Crippen molar-refractivity contribution >= 4 is 27.2 Å². The molecule has 122 valence electrons. The standard InChI is InChI=1S/C18H17N3O2S/c22-21(23)15-8-3-1-6-13(15)12-20-11-5-9-16(20)18-19-14-7-2-4-10-17(14)24-18/h1-4,6-8,10,16H,5,9,11-12H2/t16-/m1/s1. The number of nitro groups is 1. The lowest BCUT2D eigenvalue weighted by Crippen LogP contribution is -2.23. The summed E-state index contributed by atoms with van der Waals surface area (Å²) >= 11 is 1.73. The molecule has 6 heteroatoms. The molecule has 0 spiro atoms. The Labute approximate surface area is 143 Å². The van der Waals surface area contributed by atoms with E-state index in [2.05, 4.69) is 11.0 Å². The minimum absolute atomic E-state index is 0.201. The fourth-order valence-corrected chi connectivity index (χ4v) is 4.51. The van der Waals surface area contributed by atoms with E-state index < -0.39 is 0 Å². The summed E-state index contributed by atoms with van der Waals surface area (Å²) in [6.45, 7) is 1.55. The summed E-state index contributed by atoms with van der Waals surface area (Å²) in [6, 6.07) is 15.4. The number of benzene rings is 2. The zero-order chi connectivity index (χ0) is 16.5. The molecule has 1 aliphatic rings. The first kappa shape index (κ1) is 15.2. The van der Waals surface area contributed by atoms with E-state index in [1.165, 1.54) is 4.70 Å². The van der Waals surface area contributed by atoms with E-state index in [0.29, 0.717) is 6.54 Å². The van der Waals surface area contributed by atoms with E-state index in [0.717, 1.165) is 35.5 Å². The Morgan fingerprint density at radius 2 is 2.00 bits per heavy atom. The lowest BCUT2D eigenvalue weighted by atomic mass is 10.1. The number of fused-ring (bicyclic) bond motifs is 1. The summed E-state index contributed by atoms with van der Waals surface area (Å²) in [7, 11) is 0. The van der Waals surface area contributed by atoms with Gasteiger partial charge < -0.3 is 0 Å². The van der Waals surface area contributed by atoms with Crippen LogP contribution in [0.4, 0.5) is 5.69 Å². The van der Waals surface area contributed by atoms with E-state index in [1.807, 2.05) is 30.3 Å². The molecule has 1 aliphatic heterocycles. The third kappa shape index (κ3) is 2.79. The van der Waals surface area contributed by atoms with Crippen molar-refractivity contribution in [2.24, 2.45) is 0 Å². The Kier molecular flexibility index (Phi) is 4.00. The van der Waals surface area contributed by atoms with E-state index >= 15 is 0 Å². The Bertz CT molecular complexity index is 860. The van der Waals surface area contributed by atoms with Crippen LogP contribution in [-0.4, -0.2) is 21.4 Å². The Hall–Kier alpha value is -2.31. The van der Waals surface area contributed by atoms with E-state index in [4.69, 9.17) is 4.98 Å². The SMILES string of the molecule is O=[N+]([O-])c1ccccc1CN1CCC[C@@H]1c1nc2ccccc2s1. The molecule has 2 aromatic carbocycles. The van der Waals surface area contributed by atoms with Crippen LogP contribution in [0.3, 0.4) is 0 Å². The van der Waals surface area contributed by atoms with Gasteiger partial charge in [0.05, 0.1) is 21.2 Å². The van der Waals surface area contributed by atoms with Crippen molar-refractivity contribution in [1.82, 2.24) is 9.88 Å². The lowest BCUT2D eigenvalue weighted by molar-refractivity contribution is -0.385. The molecular weight excluding hydrogens is 322 g/mol. The van der Waals surface area contributed by atoms with Crippen molar-refractivity contribution in [3.63, 3.8) is 0 Å². The number of thiazole rings is 1. The third-order valence-electron chi connectivity index (χ3n) is 4.52. The molecule has 4 rings (SSSR count). The molecule has 2 heterocycles. The highest BCUT2D eigenvalue weighted by Crippen LogP contribution is 2.37. The molecule has 0 amide bonds. The smallest absolute Gasteiger partial charge is 0.273 e. The van der Waals surface area contributed by atoms with Crippen molar-refractivity contribution in [3.8, 4) is 0 Å². The molecular formula is C18H17N3O2S. The summed E-state index contributed by atoms with van der Waals surface area (Å²) in [5, 5.41) is 12.4. The number of hydrogen-bond acceptors (Lipinski definition) is 5. The van der Waals surface area contributed by atoms with Crippen LogP contribution in [0.25, 0.3) is 10.2 Å². The number of likely N-dealkylation sites (tertiary alicyclic amines) is 1. The third-order valence-corrected chi connectivity index (χ3v) is 5.66. The van der Waals surface area contributed by atoms with Gasteiger partial charge in [-0.15, -0.1) is 11.3 Å². The predicted molar refractivity (Wildman–Crippen MR) is 95.1 cm³/mol. The van der Waals surface area contributed by atoms with Gasteiger partial charge in [0.1, 0.15) is 5.01 Å². The maximum absolute atomic E-state index is 11.2. The minimum atomic E-state index is -0.294. The molecule has 0 radical (unpaired) electrons. The van der Waals surface area contributed by atoms with Crippen molar-refractivity contribution in [1.29, 1.82) is 0 Å². The summed E-state index contributed by atoms with van der Waals surface area (Å²) in [5.41, 5.74) is 2.01. The summed E-state index contributed by atoms with van der Waals surface area (Å²) < 4.78 is 1.20. The molecule has 1 atom stereocenters. The number of nitro benzene ring substituents is 1. The van der Waals surface area contributed by atoms with Gasteiger partial charge in [0.15, 0.2) is 0 Å². The van der Waals surface area contributed by atoms with E-state index in [-0.39, 0.29) is 16.7 Å². The largest absolute Gasteiger partial charge is 0.289 e. The molecule has 1 saturated heterocycles. The highest BCUT2D eigenvalue weighted by atomic mass is 32.1. The fourth-order valence-electron chi connectivity index (χ4n) is 3.37. The summed E-state index contributed by atoms with van der Waals surface area (Å²) in [6.07, 6.45) is 2.15. The maximum atomic E-state index is 11.2. The first-order valence-electron chi connectivity index (χ1n) is 8.04. The summed E-state index contributed by atoms with van der Waals surface area (Å²) in [4.78, 5) is 18.1. The zero-order valence-electron chi connectivity index (χ0n) is 13.1. The van der Waals surface area contributed by atoms with Gasteiger partial charge in [-0.25, -0.2) is 4.98 Å². The van der Waals surface area contributed by atoms with Crippen molar-refractivity contribution in [3.05, 3.63) is 69.2 Å². The zero-order valence-corrected chi connectivity index (χ0v) is 13.9. The van der Waals surface area contributed by atoms with Crippen LogP contribution in [0.1, 0.15) is 29.5 Å². The maximum Gasteiger partial charge on any atom is 0.273 e. The second-order valence-electron chi connectivity index (χ2n) is 6.03. The predicted octanol–water partition coefficient (Wildman–Crippen LogP) is 4.54. The van der Waals surface area contributed by atoms with E-state index in [9.17, 15) is 10.1 Å². The molecule has 5 nitrogen and oxygen atoms in total. The molecule has 24 heavy (non-hydrogen) atoms. The number of aromatic nitrogens is 1. The van der Waals surface area contributed by atoms with Crippen molar-refractivity contribution < 1.29 is 4.92 Å². The Balaban J connectivity index is 1.62. The van der Waals surface area contributed by atoms with Gasteiger partial charge in [0.2, 0.25) is 0 Å². The van der Waals surface area contributed by atoms with Crippen LogP contribution in [0.5, 0.6) is 0 Å².